The Balaban J connectivity index is 1.24. The number of ether oxygens (including phenoxy) is 6. The molecule has 3 saturated heterocycles. The van der Waals surface area contributed by atoms with Gasteiger partial charge < -0.3 is 43.7 Å². The van der Waals surface area contributed by atoms with Crippen LogP contribution >= 0.6 is 0 Å². The van der Waals surface area contributed by atoms with Crippen LogP contribution in [0.2, 0.25) is 0 Å². The molecule has 13 atom stereocenters. The van der Waals surface area contributed by atoms with Crippen molar-refractivity contribution in [2.45, 2.75) is 108 Å². The number of esters is 1. The summed E-state index contributed by atoms with van der Waals surface area (Å²) in [4.78, 5) is 13.5. The molecular formula is C28H40O10. The van der Waals surface area contributed by atoms with Crippen molar-refractivity contribution >= 4 is 5.97 Å². The molecule has 0 bridgehead atoms. The smallest absolute Gasteiger partial charge is 0.309 e. The highest BCUT2D eigenvalue weighted by atomic mass is 16.8. The molecule has 4 heterocycles. The molecule has 38 heavy (non-hydrogen) atoms. The Morgan fingerprint density at radius 3 is 2.66 bits per heavy atom. The van der Waals surface area contributed by atoms with E-state index >= 15 is 0 Å². The average Bonchev–Trinajstić information content (AvgIpc) is 3.32. The van der Waals surface area contributed by atoms with Crippen molar-refractivity contribution in [2.24, 2.45) is 23.2 Å². The second-order valence-electron chi connectivity index (χ2n) is 12.2. The number of fused-ring (bicyclic) bond motifs is 3. The van der Waals surface area contributed by atoms with Gasteiger partial charge in [0.15, 0.2) is 18.4 Å². The molecule has 4 aliphatic heterocycles. The van der Waals surface area contributed by atoms with Crippen molar-refractivity contribution in [2.75, 3.05) is 13.7 Å². The maximum atomic E-state index is 13.5. The lowest BCUT2D eigenvalue weighted by atomic mass is 9.55. The van der Waals surface area contributed by atoms with Gasteiger partial charge in [-0.15, -0.1) is 0 Å². The van der Waals surface area contributed by atoms with Crippen molar-refractivity contribution < 1.29 is 48.5 Å². The highest BCUT2D eigenvalue weighted by Crippen LogP contribution is 2.57. The molecule has 1 saturated carbocycles. The largest absolute Gasteiger partial charge is 0.459 e. The van der Waals surface area contributed by atoms with Crippen LogP contribution in [-0.2, 0) is 33.2 Å². The summed E-state index contributed by atoms with van der Waals surface area (Å²) < 4.78 is 35.1. The third kappa shape index (κ3) is 4.19. The van der Waals surface area contributed by atoms with Crippen molar-refractivity contribution in [1.82, 2.24) is 0 Å². The molecule has 0 spiro atoms. The summed E-state index contributed by atoms with van der Waals surface area (Å²) in [6, 6.07) is 0. The molecule has 6 aliphatic rings. The molecule has 0 aromatic rings. The molecule has 0 unspecified atom stereocenters. The van der Waals surface area contributed by atoms with Gasteiger partial charge in [-0.25, -0.2) is 0 Å². The van der Waals surface area contributed by atoms with E-state index in [-0.39, 0.29) is 30.3 Å². The summed E-state index contributed by atoms with van der Waals surface area (Å²) in [5.74, 6) is -2.09. The van der Waals surface area contributed by atoms with Crippen LogP contribution in [0.5, 0.6) is 0 Å². The van der Waals surface area contributed by atoms with E-state index in [1.54, 1.807) is 21.0 Å². The summed E-state index contributed by atoms with van der Waals surface area (Å²) in [5, 5.41) is 32.2. The summed E-state index contributed by atoms with van der Waals surface area (Å²) in [7, 11) is 1.56. The predicted molar refractivity (Wildman–Crippen MR) is 131 cm³/mol. The van der Waals surface area contributed by atoms with Crippen LogP contribution in [0, 0.1) is 23.2 Å². The van der Waals surface area contributed by atoms with Gasteiger partial charge in [-0.3, -0.25) is 4.79 Å². The number of aliphatic hydroxyl groups is 3. The first-order valence-corrected chi connectivity index (χ1v) is 13.8. The van der Waals surface area contributed by atoms with E-state index in [9.17, 15) is 20.1 Å². The standard InChI is InChI=1S/C28H40O10/c1-13-24(30)20(33-4)10-22(35-13)36-19-9-14-5-6-15-17(27(14,2)11-18(19)29)8-7-16-23-21(37-25(15)31)12-34-28(23,3)38-26(16)32/h5,7,13,15,17-24,26,29-30,32H,6,8-12H2,1-4H3/b16-7+/t13-,15-,17+,18+,19-,20-,21+,22+,23+,24-,26+,27+,28-/m1/s1. The van der Waals surface area contributed by atoms with Gasteiger partial charge in [-0.2, -0.15) is 0 Å². The molecule has 4 fully saturated rings. The number of carbonyl (C=O) groups is 1. The molecule has 3 N–H and O–H groups in total. The van der Waals surface area contributed by atoms with E-state index in [1.165, 1.54) is 0 Å². The number of aliphatic hydroxyl groups excluding tert-OH is 3. The molecule has 212 valence electrons. The quantitative estimate of drug-likeness (QED) is 0.360. The average molecular weight is 537 g/mol. The van der Waals surface area contributed by atoms with Crippen LogP contribution in [0.15, 0.2) is 23.3 Å². The molecule has 10 heteroatoms. The summed E-state index contributed by atoms with van der Waals surface area (Å²) >= 11 is 0. The van der Waals surface area contributed by atoms with Gasteiger partial charge in [-0.1, -0.05) is 24.6 Å². The van der Waals surface area contributed by atoms with Gasteiger partial charge in [-0.05, 0) is 56.4 Å². The molecule has 0 radical (unpaired) electrons. The number of hydrogen-bond acceptors (Lipinski definition) is 10. The van der Waals surface area contributed by atoms with E-state index in [1.807, 2.05) is 6.08 Å². The van der Waals surface area contributed by atoms with Crippen LogP contribution in [0.3, 0.4) is 0 Å². The Morgan fingerprint density at radius 1 is 1.11 bits per heavy atom. The van der Waals surface area contributed by atoms with E-state index < -0.39 is 60.4 Å². The minimum atomic E-state index is -1.10. The lowest BCUT2D eigenvalue weighted by Crippen LogP contribution is -2.53. The molecule has 0 amide bonds. The Morgan fingerprint density at radius 2 is 1.89 bits per heavy atom. The van der Waals surface area contributed by atoms with Crippen molar-refractivity contribution in [3.8, 4) is 0 Å². The molecule has 0 aromatic heterocycles. The second-order valence-corrected chi connectivity index (χ2v) is 12.2. The zero-order valence-electron chi connectivity index (χ0n) is 22.4. The van der Waals surface area contributed by atoms with Crippen molar-refractivity contribution in [3.05, 3.63) is 23.3 Å². The highest BCUT2D eigenvalue weighted by molar-refractivity contribution is 5.74. The van der Waals surface area contributed by atoms with Crippen LogP contribution in [0.1, 0.15) is 52.9 Å². The number of rotatable bonds is 3. The van der Waals surface area contributed by atoms with Gasteiger partial charge in [0.2, 0.25) is 0 Å². The number of hydrogen-bond donors (Lipinski definition) is 3. The fourth-order valence-corrected chi connectivity index (χ4v) is 7.88. The number of carbonyl (C=O) groups excluding carboxylic acids is 1. The number of allylic oxidation sites excluding steroid dienone is 2. The Bertz CT molecular complexity index is 1010. The zero-order chi connectivity index (χ0) is 27.0. The van der Waals surface area contributed by atoms with E-state index in [0.717, 1.165) is 5.57 Å². The highest BCUT2D eigenvalue weighted by Gasteiger charge is 2.60. The Labute approximate surface area is 222 Å². The third-order valence-electron chi connectivity index (χ3n) is 10.1. The van der Waals surface area contributed by atoms with Crippen LogP contribution < -0.4 is 0 Å². The fraction of sp³-hybridized carbons (Fsp3) is 0.821. The van der Waals surface area contributed by atoms with Gasteiger partial charge in [0.1, 0.15) is 12.2 Å². The maximum Gasteiger partial charge on any atom is 0.309 e. The van der Waals surface area contributed by atoms with Gasteiger partial charge in [0.25, 0.3) is 0 Å². The van der Waals surface area contributed by atoms with Gasteiger partial charge in [0, 0.05) is 13.5 Å². The minimum Gasteiger partial charge on any atom is -0.459 e. The lowest BCUT2D eigenvalue weighted by Gasteiger charge is -2.52. The zero-order valence-corrected chi connectivity index (χ0v) is 22.4. The van der Waals surface area contributed by atoms with E-state index in [4.69, 9.17) is 28.4 Å². The van der Waals surface area contributed by atoms with Crippen LogP contribution in [0.25, 0.3) is 0 Å². The molecule has 0 aromatic carbocycles. The Hall–Kier alpha value is -1.37. The first kappa shape index (κ1) is 26.8. The van der Waals surface area contributed by atoms with E-state index in [0.29, 0.717) is 37.7 Å². The molecule has 2 aliphatic carbocycles. The van der Waals surface area contributed by atoms with Crippen LogP contribution in [-0.4, -0.2) is 90.0 Å². The molecule has 10 nitrogen and oxygen atoms in total. The monoisotopic (exact) mass is 536 g/mol. The van der Waals surface area contributed by atoms with Crippen LogP contribution in [0.4, 0.5) is 0 Å². The van der Waals surface area contributed by atoms with E-state index in [2.05, 4.69) is 13.0 Å². The fourth-order valence-electron chi connectivity index (χ4n) is 7.88. The van der Waals surface area contributed by atoms with Gasteiger partial charge >= 0.3 is 5.97 Å². The summed E-state index contributed by atoms with van der Waals surface area (Å²) in [5.41, 5.74) is 1.41. The van der Waals surface area contributed by atoms with Crippen molar-refractivity contribution in [3.63, 3.8) is 0 Å². The van der Waals surface area contributed by atoms with Gasteiger partial charge in [0.05, 0.1) is 42.9 Å². The lowest BCUT2D eigenvalue weighted by molar-refractivity contribution is -0.275. The topological polar surface area (TPSA) is 133 Å². The summed E-state index contributed by atoms with van der Waals surface area (Å²) in [6.07, 6.45) is 1.53. The first-order chi connectivity index (χ1) is 18.0. The first-order valence-electron chi connectivity index (χ1n) is 13.8. The van der Waals surface area contributed by atoms with Crippen molar-refractivity contribution in [1.29, 1.82) is 0 Å². The maximum absolute atomic E-state index is 13.5. The third-order valence-corrected chi connectivity index (χ3v) is 10.1. The molecule has 6 rings (SSSR count). The Kier molecular flexibility index (Phi) is 6.80. The minimum absolute atomic E-state index is 0.115. The summed E-state index contributed by atoms with van der Waals surface area (Å²) in [6.45, 7) is 5.91. The normalized spacial score (nSPS) is 53.8. The predicted octanol–water partition coefficient (Wildman–Crippen LogP) is 1.56. The molecular weight excluding hydrogens is 496 g/mol. The second kappa shape index (κ2) is 9.62. The number of methoxy groups -OCH3 is 1. The SMILES string of the molecule is CO[C@@H]1C[C@H](O[C@@H]2CC3=CC[C@H]4C(=O)O[C@H]5CO[C@]6(C)O[C@H](O)/C(=C/C[C@@H]4[C@@]3(C)C[C@@H]2O)[C@@H]56)O[C@H](C)[C@H]1O.